The fourth-order valence-corrected chi connectivity index (χ4v) is 3.35. The Labute approximate surface area is 168 Å². The quantitative estimate of drug-likeness (QED) is 0.693. The molecule has 0 bridgehead atoms. The summed E-state index contributed by atoms with van der Waals surface area (Å²) in [7, 11) is 1.90. The Morgan fingerprint density at radius 2 is 2.11 bits per heavy atom. The number of rotatable bonds is 7. The standard InChI is InChI=1S/C20H22ClN3O4/c1-3-27-19(25)17-15(12-24(2)11-13-6-4-7-14(21)10-13)22-20(26)23-18(17)16-8-5-9-28-16/h4-10,18H,3,11-12H2,1-2H3,(H2,22,23,26)/t18-/m1/s1. The number of benzene rings is 1. The van der Waals surface area contributed by atoms with E-state index in [1.165, 1.54) is 6.26 Å². The molecular weight excluding hydrogens is 382 g/mol. The number of esters is 1. The van der Waals surface area contributed by atoms with Crippen molar-refractivity contribution in [1.82, 2.24) is 15.5 Å². The summed E-state index contributed by atoms with van der Waals surface area (Å²) in [4.78, 5) is 26.8. The van der Waals surface area contributed by atoms with Gasteiger partial charge in [0.15, 0.2) is 0 Å². The molecule has 0 fully saturated rings. The first-order valence-corrected chi connectivity index (χ1v) is 9.29. The minimum absolute atomic E-state index is 0.229. The van der Waals surface area contributed by atoms with Crippen LogP contribution < -0.4 is 10.6 Å². The first kappa shape index (κ1) is 20.0. The van der Waals surface area contributed by atoms with Crippen LogP contribution in [-0.2, 0) is 16.1 Å². The number of hydrogen-bond acceptors (Lipinski definition) is 5. The number of halogens is 1. The van der Waals surface area contributed by atoms with Crippen molar-refractivity contribution in [3.63, 3.8) is 0 Å². The maximum Gasteiger partial charge on any atom is 0.338 e. The number of urea groups is 1. The molecule has 0 aliphatic carbocycles. The van der Waals surface area contributed by atoms with Gasteiger partial charge in [0.05, 0.1) is 18.4 Å². The molecule has 1 atom stereocenters. The fourth-order valence-electron chi connectivity index (χ4n) is 3.13. The Balaban J connectivity index is 1.89. The smallest absolute Gasteiger partial charge is 0.338 e. The monoisotopic (exact) mass is 403 g/mol. The number of carbonyl (C=O) groups excluding carboxylic acids is 2. The van der Waals surface area contributed by atoms with Gasteiger partial charge in [-0.1, -0.05) is 23.7 Å². The van der Waals surface area contributed by atoms with Crippen molar-refractivity contribution in [3.05, 3.63) is 70.3 Å². The Bertz CT molecular complexity index is 879. The van der Waals surface area contributed by atoms with E-state index in [2.05, 4.69) is 10.6 Å². The predicted molar refractivity (Wildman–Crippen MR) is 105 cm³/mol. The van der Waals surface area contributed by atoms with Gasteiger partial charge in [0.25, 0.3) is 0 Å². The van der Waals surface area contributed by atoms with E-state index in [1.54, 1.807) is 19.1 Å². The number of hydrogen-bond donors (Lipinski definition) is 2. The molecule has 1 aliphatic rings. The Morgan fingerprint density at radius 3 is 2.79 bits per heavy atom. The average molecular weight is 404 g/mol. The third kappa shape index (κ3) is 4.74. The molecule has 3 rings (SSSR count). The van der Waals surface area contributed by atoms with Crippen LogP contribution in [-0.4, -0.2) is 37.1 Å². The average Bonchev–Trinajstić information content (AvgIpc) is 3.15. The number of amides is 2. The number of likely N-dealkylation sites (N-methyl/N-ethyl adjacent to an activating group) is 1. The molecule has 148 valence electrons. The molecule has 0 unspecified atom stereocenters. The third-order valence-corrected chi connectivity index (χ3v) is 4.48. The summed E-state index contributed by atoms with van der Waals surface area (Å²) in [6.07, 6.45) is 1.50. The minimum Gasteiger partial charge on any atom is -0.467 e. The highest BCUT2D eigenvalue weighted by molar-refractivity contribution is 6.30. The molecule has 0 radical (unpaired) electrons. The maximum atomic E-state index is 12.7. The van der Waals surface area contributed by atoms with E-state index >= 15 is 0 Å². The minimum atomic E-state index is -0.711. The van der Waals surface area contributed by atoms with Crippen LogP contribution in [0.1, 0.15) is 24.3 Å². The van der Waals surface area contributed by atoms with Crippen molar-refractivity contribution in [2.24, 2.45) is 0 Å². The third-order valence-electron chi connectivity index (χ3n) is 4.25. The lowest BCUT2D eigenvalue weighted by Gasteiger charge is -2.30. The van der Waals surface area contributed by atoms with E-state index in [-0.39, 0.29) is 6.61 Å². The summed E-state index contributed by atoms with van der Waals surface area (Å²) in [5, 5.41) is 6.13. The highest BCUT2D eigenvalue weighted by Gasteiger charge is 2.35. The highest BCUT2D eigenvalue weighted by Crippen LogP contribution is 2.28. The first-order valence-electron chi connectivity index (χ1n) is 8.92. The zero-order valence-corrected chi connectivity index (χ0v) is 16.5. The molecule has 1 aromatic carbocycles. The number of carbonyl (C=O) groups is 2. The zero-order valence-electron chi connectivity index (χ0n) is 15.7. The molecule has 1 aromatic heterocycles. The molecule has 2 amide bonds. The van der Waals surface area contributed by atoms with Gasteiger partial charge in [-0.2, -0.15) is 0 Å². The van der Waals surface area contributed by atoms with Crippen molar-refractivity contribution < 1.29 is 18.7 Å². The van der Waals surface area contributed by atoms with Crippen LogP contribution in [0.3, 0.4) is 0 Å². The molecule has 0 spiro atoms. The lowest BCUT2D eigenvalue weighted by atomic mass is 10.00. The fraction of sp³-hybridized carbons (Fsp3) is 0.300. The topological polar surface area (TPSA) is 83.8 Å². The predicted octanol–water partition coefficient (Wildman–Crippen LogP) is 3.24. The van der Waals surface area contributed by atoms with Gasteiger partial charge < -0.3 is 19.8 Å². The SMILES string of the molecule is CCOC(=O)C1=C(CN(C)Cc2cccc(Cl)c2)NC(=O)N[C@@H]1c1ccco1. The lowest BCUT2D eigenvalue weighted by molar-refractivity contribution is -0.139. The van der Waals surface area contributed by atoms with E-state index in [9.17, 15) is 9.59 Å². The van der Waals surface area contributed by atoms with Crippen molar-refractivity contribution in [1.29, 1.82) is 0 Å². The molecule has 0 saturated heterocycles. The van der Waals surface area contributed by atoms with Gasteiger partial charge in [-0.15, -0.1) is 0 Å². The van der Waals surface area contributed by atoms with E-state index in [0.29, 0.717) is 35.1 Å². The van der Waals surface area contributed by atoms with Crippen LogP contribution in [0.5, 0.6) is 0 Å². The van der Waals surface area contributed by atoms with Gasteiger partial charge >= 0.3 is 12.0 Å². The summed E-state index contributed by atoms with van der Waals surface area (Å²) in [5.41, 5.74) is 1.83. The van der Waals surface area contributed by atoms with Crippen LogP contribution in [0, 0.1) is 0 Å². The molecule has 8 heteroatoms. The number of ether oxygens (including phenoxy) is 1. The second kappa shape index (κ2) is 8.95. The van der Waals surface area contributed by atoms with E-state index in [1.807, 2.05) is 36.2 Å². The summed E-state index contributed by atoms with van der Waals surface area (Å²) >= 11 is 6.05. The van der Waals surface area contributed by atoms with Crippen molar-refractivity contribution in [2.75, 3.05) is 20.2 Å². The molecular formula is C20H22ClN3O4. The van der Waals surface area contributed by atoms with Crippen molar-refractivity contribution >= 4 is 23.6 Å². The molecule has 28 heavy (non-hydrogen) atoms. The molecule has 2 N–H and O–H groups in total. The summed E-state index contributed by atoms with van der Waals surface area (Å²) in [6.45, 7) is 2.90. The van der Waals surface area contributed by atoms with Crippen LogP contribution in [0.15, 0.2) is 58.3 Å². The Morgan fingerprint density at radius 1 is 1.29 bits per heavy atom. The van der Waals surface area contributed by atoms with Crippen LogP contribution in [0.2, 0.25) is 5.02 Å². The normalized spacial score (nSPS) is 16.7. The number of furan rings is 1. The molecule has 0 saturated carbocycles. The van der Waals surface area contributed by atoms with Gasteiger partial charge in [0, 0.05) is 23.8 Å². The number of nitrogens with zero attached hydrogens (tertiary/aromatic N) is 1. The number of nitrogens with one attached hydrogen (secondary N) is 2. The lowest BCUT2D eigenvalue weighted by Crippen LogP contribution is -2.48. The zero-order chi connectivity index (χ0) is 20.1. The first-order chi connectivity index (χ1) is 13.5. The van der Waals surface area contributed by atoms with Crippen molar-refractivity contribution in [3.8, 4) is 0 Å². The Kier molecular flexibility index (Phi) is 6.38. The molecule has 7 nitrogen and oxygen atoms in total. The van der Waals surface area contributed by atoms with Crippen LogP contribution in [0.25, 0.3) is 0 Å². The Hall–Kier alpha value is -2.77. The molecule has 2 heterocycles. The van der Waals surface area contributed by atoms with E-state index < -0.39 is 18.0 Å². The highest BCUT2D eigenvalue weighted by atomic mass is 35.5. The van der Waals surface area contributed by atoms with E-state index in [0.717, 1.165) is 5.56 Å². The van der Waals surface area contributed by atoms with Gasteiger partial charge in [0.2, 0.25) is 0 Å². The second-order valence-electron chi connectivity index (χ2n) is 6.46. The van der Waals surface area contributed by atoms with Gasteiger partial charge in [0.1, 0.15) is 11.8 Å². The van der Waals surface area contributed by atoms with Gasteiger partial charge in [-0.05, 0) is 43.8 Å². The largest absolute Gasteiger partial charge is 0.467 e. The summed E-state index contributed by atoms with van der Waals surface area (Å²) in [5.74, 6) is -0.0320. The van der Waals surface area contributed by atoms with E-state index in [4.69, 9.17) is 20.8 Å². The van der Waals surface area contributed by atoms with Crippen LogP contribution in [0.4, 0.5) is 4.79 Å². The summed E-state index contributed by atoms with van der Waals surface area (Å²) < 4.78 is 10.7. The molecule has 2 aromatic rings. The van der Waals surface area contributed by atoms with Crippen LogP contribution >= 0.6 is 11.6 Å². The second-order valence-corrected chi connectivity index (χ2v) is 6.90. The van der Waals surface area contributed by atoms with Gasteiger partial charge in [-0.3, -0.25) is 4.90 Å². The summed E-state index contributed by atoms with van der Waals surface area (Å²) in [6, 6.07) is 9.85. The van der Waals surface area contributed by atoms with Gasteiger partial charge in [-0.25, -0.2) is 9.59 Å². The van der Waals surface area contributed by atoms with Crippen molar-refractivity contribution in [2.45, 2.75) is 19.5 Å². The maximum absolute atomic E-state index is 12.7. The molecule has 1 aliphatic heterocycles.